The number of carbonyl (C=O) groups is 1. The lowest BCUT2D eigenvalue weighted by Crippen LogP contribution is -2.48. The number of nitro groups is 1. The summed E-state index contributed by atoms with van der Waals surface area (Å²) in [4.78, 5) is 26.6. The van der Waals surface area contributed by atoms with E-state index in [-0.39, 0.29) is 17.8 Å². The van der Waals surface area contributed by atoms with E-state index in [0.29, 0.717) is 30.9 Å². The lowest BCUT2D eigenvalue weighted by Gasteiger charge is -2.33. The molecule has 0 aromatic heterocycles. The van der Waals surface area contributed by atoms with Crippen LogP contribution in [0.2, 0.25) is 0 Å². The van der Waals surface area contributed by atoms with Crippen molar-refractivity contribution in [2.75, 3.05) is 45.3 Å². The van der Waals surface area contributed by atoms with Crippen LogP contribution in [0.3, 0.4) is 0 Å². The van der Waals surface area contributed by atoms with Gasteiger partial charge in [0.2, 0.25) is 0 Å². The third-order valence-corrected chi connectivity index (χ3v) is 4.73. The van der Waals surface area contributed by atoms with Crippen molar-refractivity contribution in [3.8, 4) is 0 Å². The second-order valence-corrected chi connectivity index (χ2v) is 6.22. The van der Waals surface area contributed by atoms with Crippen molar-refractivity contribution >= 4 is 23.4 Å². The predicted molar refractivity (Wildman–Crippen MR) is 92.5 cm³/mol. The summed E-state index contributed by atoms with van der Waals surface area (Å²) in [5.74, 6) is -0.504. The largest absolute Gasteiger partial charge is 0.466 e. The van der Waals surface area contributed by atoms with Gasteiger partial charge >= 0.3 is 5.97 Å². The molecular formula is C17H21N3O5. The van der Waals surface area contributed by atoms with Crippen LogP contribution in [0.25, 0.3) is 6.08 Å². The highest BCUT2D eigenvalue weighted by Crippen LogP contribution is 2.34. The average molecular weight is 347 g/mol. The first-order valence-electron chi connectivity index (χ1n) is 8.11. The molecule has 1 aromatic carbocycles. The van der Waals surface area contributed by atoms with Gasteiger partial charge in [0.05, 0.1) is 30.8 Å². The minimum atomic E-state index is -0.504. The minimum Gasteiger partial charge on any atom is -0.466 e. The first-order chi connectivity index (χ1) is 12.0. The van der Waals surface area contributed by atoms with Gasteiger partial charge < -0.3 is 14.4 Å². The van der Waals surface area contributed by atoms with Crippen molar-refractivity contribution in [2.24, 2.45) is 0 Å². The normalized spacial score (nSPS) is 23.7. The molecule has 8 nitrogen and oxygen atoms in total. The summed E-state index contributed by atoms with van der Waals surface area (Å²) >= 11 is 0. The number of anilines is 1. The molecule has 0 bridgehead atoms. The van der Waals surface area contributed by atoms with Crippen LogP contribution in [0.5, 0.6) is 0 Å². The number of benzene rings is 1. The van der Waals surface area contributed by atoms with Crippen LogP contribution in [-0.4, -0.2) is 68.3 Å². The fourth-order valence-corrected chi connectivity index (χ4v) is 3.34. The lowest BCUT2D eigenvalue weighted by atomic mass is 10.1. The number of carbonyl (C=O) groups excluding carboxylic acids is 1. The van der Waals surface area contributed by atoms with Crippen LogP contribution in [0.15, 0.2) is 24.3 Å². The smallest absolute Gasteiger partial charge is 0.330 e. The molecule has 2 heterocycles. The maximum absolute atomic E-state index is 11.5. The summed E-state index contributed by atoms with van der Waals surface area (Å²) in [6.45, 7) is 2.88. The molecule has 2 aliphatic heterocycles. The molecule has 134 valence electrons. The van der Waals surface area contributed by atoms with E-state index in [2.05, 4.69) is 16.7 Å². The number of hydrogen-bond donors (Lipinski definition) is 0. The molecule has 0 amide bonds. The number of ether oxygens (including phenoxy) is 2. The quantitative estimate of drug-likeness (QED) is 0.351. The fourth-order valence-electron chi connectivity index (χ4n) is 3.34. The average Bonchev–Trinajstić information content (AvgIpc) is 3.04. The molecule has 0 N–H and O–H groups in total. The number of esters is 1. The highest BCUT2D eigenvalue weighted by atomic mass is 16.6. The zero-order chi connectivity index (χ0) is 18.0. The van der Waals surface area contributed by atoms with E-state index in [4.69, 9.17) is 4.74 Å². The molecule has 8 heteroatoms. The Morgan fingerprint density at radius 2 is 2.24 bits per heavy atom. The van der Waals surface area contributed by atoms with Gasteiger partial charge in [0.25, 0.3) is 5.69 Å². The first-order valence-corrected chi connectivity index (χ1v) is 8.11. The monoisotopic (exact) mass is 347 g/mol. The molecule has 0 saturated carbocycles. The topological polar surface area (TPSA) is 85.1 Å². The Labute approximate surface area is 145 Å². The van der Waals surface area contributed by atoms with Crippen LogP contribution < -0.4 is 4.90 Å². The Bertz CT molecular complexity index is 706. The molecule has 2 saturated heterocycles. The van der Waals surface area contributed by atoms with Gasteiger partial charge in [-0.1, -0.05) is 6.07 Å². The van der Waals surface area contributed by atoms with Gasteiger partial charge in [0.1, 0.15) is 5.69 Å². The molecule has 0 radical (unpaired) electrons. The standard InChI is InChI=1S/C17H21N3O5/c1-18-7-8-25-16-11-19(10-15(16)18)13-5-3-12(4-6-17(21)24-2)9-14(13)20(22)23/h3-6,9,15-16H,7-8,10-11H2,1-2H3/b6-4+. The Balaban J connectivity index is 1.85. The Hall–Kier alpha value is -2.45. The first kappa shape index (κ1) is 17.4. The molecule has 25 heavy (non-hydrogen) atoms. The Morgan fingerprint density at radius 1 is 1.44 bits per heavy atom. The Morgan fingerprint density at radius 3 is 2.92 bits per heavy atom. The molecule has 0 aliphatic carbocycles. The van der Waals surface area contributed by atoms with Crippen molar-refractivity contribution in [1.29, 1.82) is 0 Å². The fraction of sp³-hybridized carbons (Fsp3) is 0.471. The van der Waals surface area contributed by atoms with Gasteiger partial charge in [-0.05, 0) is 24.8 Å². The highest BCUT2D eigenvalue weighted by Gasteiger charge is 2.40. The van der Waals surface area contributed by atoms with Crippen LogP contribution in [0.4, 0.5) is 11.4 Å². The number of rotatable bonds is 4. The summed E-state index contributed by atoms with van der Waals surface area (Å²) in [6.07, 6.45) is 2.81. The van der Waals surface area contributed by atoms with Gasteiger partial charge in [-0.25, -0.2) is 4.79 Å². The third kappa shape index (κ3) is 3.64. The maximum atomic E-state index is 11.5. The van der Waals surface area contributed by atoms with Crippen LogP contribution in [0, 0.1) is 10.1 Å². The molecule has 2 aliphatic rings. The molecule has 2 fully saturated rings. The second-order valence-electron chi connectivity index (χ2n) is 6.22. The summed E-state index contributed by atoms with van der Waals surface area (Å²) in [7, 11) is 3.34. The number of nitro benzene ring substituents is 1. The molecule has 1 aromatic rings. The number of likely N-dealkylation sites (N-methyl/N-ethyl adjacent to an activating group) is 1. The summed E-state index contributed by atoms with van der Waals surface area (Å²) in [5, 5.41) is 11.5. The zero-order valence-corrected chi connectivity index (χ0v) is 14.3. The van der Waals surface area contributed by atoms with E-state index in [1.54, 1.807) is 12.1 Å². The lowest BCUT2D eigenvalue weighted by molar-refractivity contribution is -0.384. The van der Waals surface area contributed by atoms with Gasteiger partial charge in [-0.2, -0.15) is 0 Å². The van der Waals surface area contributed by atoms with Crippen LogP contribution in [0.1, 0.15) is 5.56 Å². The van der Waals surface area contributed by atoms with Crippen LogP contribution >= 0.6 is 0 Å². The van der Waals surface area contributed by atoms with Gasteiger partial charge in [0.15, 0.2) is 0 Å². The number of methoxy groups -OCH3 is 1. The van der Waals surface area contributed by atoms with Crippen molar-refractivity contribution in [3.05, 3.63) is 40.0 Å². The van der Waals surface area contributed by atoms with Gasteiger partial charge in [-0.3, -0.25) is 15.0 Å². The molecule has 2 unspecified atom stereocenters. The number of nitrogens with zero attached hydrogens (tertiary/aromatic N) is 3. The molecular weight excluding hydrogens is 326 g/mol. The van der Waals surface area contributed by atoms with Crippen molar-refractivity contribution in [3.63, 3.8) is 0 Å². The number of fused-ring (bicyclic) bond motifs is 1. The van der Waals surface area contributed by atoms with Crippen molar-refractivity contribution < 1.29 is 19.2 Å². The predicted octanol–water partition coefficient (Wildman–Crippen LogP) is 1.30. The third-order valence-electron chi connectivity index (χ3n) is 4.73. The second kappa shape index (κ2) is 7.20. The van der Waals surface area contributed by atoms with E-state index in [1.807, 2.05) is 4.90 Å². The van der Waals surface area contributed by atoms with E-state index in [1.165, 1.54) is 25.3 Å². The van der Waals surface area contributed by atoms with Gasteiger partial charge in [-0.15, -0.1) is 0 Å². The Kier molecular flexibility index (Phi) is 5.00. The number of morpholine rings is 1. The van der Waals surface area contributed by atoms with Gasteiger partial charge in [0, 0.05) is 31.8 Å². The van der Waals surface area contributed by atoms with Crippen LogP contribution in [-0.2, 0) is 14.3 Å². The highest BCUT2D eigenvalue weighted by molar-refractivity contribution is 5.87. The minimum absolute atomic E-state index is 0.0216. The zero-order valence-electron chi connectivity index (χ0n) is 14.3. The maximum Gasteiger partial charge on any atom is 0.330 e. The van der Waals surface area contributed by atoms with E-state index in [0.717, 1.165) is 6.54 Å². The number of hydrogen-bond acceptors (Lipinski definition) is 7. The molecule has 2 atom stereocenters. The SMILES string of the molecule is COC(=O)/C=C/c1ccc(N2CC3OCCN(C)C3C2)c([N+](=O)[O-])c1. The van der Waals surface area contributed by atoms with Crippen molar-refractivity contribution in [1.82, 2.24) is 4.90 Å². The van der Waals surface area contributed by atoms with Crippen molar-refractivity contribution in [2.45, 2.75) is 12.1 Å². The molecule has 0 spiro atoms. The molecule has 3 rings (SSSR count). The van der Waals surface area contributed by atoms with E-state index < -0.39 is 10.9 Å². The summed E-state index contributed by atoms with van der Waals surface area (Å²) in [5.41, 5.74) is 1.17. The summed E-state index contributed by atoms with van der Waals surface area (Å²) < 4.78 is 10.3. The van der Waals surface area contributed by atoms with E-state index in [9.17, 15) is 14.9 Å². The summed E-state index contributed by atoms with van der Waals surface area (Å²) in [6, 6.07) is 5.20. The van der Waals surface area contributed by atoms with E-state index >= 15 is 0 Å².